The summed E-state index contributed by atoms with van der Waals surface area (Å²) in [4.78, 5) is 11.8. The smallest absolute Gasteiger partial charge is 0.328 e. The molecule has 0 saturated heterocycles. The minimum Gasteiger partial charge on any atom is -0.459 e. The molecule has 2 rings (SSSR count). The SMILES string of the molecule is CC(C)(C)OC(=O)Cn1nc(C2CC2(F)F)cc1C(C)(F)F. The van der Waals surface area contributed by atoms with Gasteiger partial charge in [-0.3, -0.25) is 9.48 Å². The number of alkyl halides is 4. The number of hydrogen-bond donors (Lipinski definition) is 0. The van der Waals surface area contributed by atoms with Crippen LogP contribution < -0.4 is 0 Å². The fraction of sp³-hybridized carbons (Fsp3) is 0.714. The molecule has 0 aliphatic heterocycles. The Hall–Kier alpha value is -1.60. The summed E-state index contributed by atoms with van der Waals surface area (Å²) < 4.78 is 59.1. The summed E-state index contributed by atoms with van der Waals surface area (Å²) in [5.41, 5.74) is -1.47. The molecular weight excluding hydrogens is 304 g/mol. The van der Waals surface area contributed by atoms with E-state index in [-0.39, 0.29) is 5.69 Å². The Morgan fingerprint density at radius 2 is 1.95 bits per heavy atom. The Bertz CT molecular complexity index is 585. The van der Waals surface area contributed by atoms with Gasteiger partial charge in [0.25, 0.3) is 11.8 Å². The molecule has 0 amide bonds. The molecule has 1 unspecified atom stereocenters. The number of rotatable bonds is 4. The molecule has 0 radical (unpaired) electrons. The number of carbonyl (C=O) groups is 1. The molecule has 4 nitrogen and oxygen atoms in total. The highest BCUT2D eigenvalue weighted by Gasteiger charge is 2.59. The third kappa shape index (κ3) is 3.78. The normalized spacial score (nSPS) is 20.8. The first-order valence-electron chi connectivity index (χ1n) is 6.85. The van der Waals surface area contributed by atoms with Crippen molar-refractivity contribution in [3.63, 3.8) is 0 Å². The molecule has 8 heteroatoms. The van der Waals surface area contributed by atoms with Crippen LogP contribution in [0.1, 0.15) is 51.4 Å². The molecule has 0 aromatic carbocycles. The second kappa shape index (κ2) is 4.96. The number of nitrogens with zero attached hydrogens (tertiary/aromatic N) is 2. The Morgan fingerprint density at radius 1 is 1.41 bits per heavy atom. The van der Waals surface area contributed by atoms with Gasteiger partial charge in [-0.15, -0.1) is 0 Å². The maximum Gasteiger partial charge on any atom is 0.328 e. The van der Waals surface area contributed by atoms with Crippen molar-refractivity contribution in [2.24, 2.45) is 0 Å². The zero-order chi connectivity index (χ0) is 16.9. The molecule has 0 bridgehead atoms. The van der Waals surface area contributed by atoms with Crippen molar-refractivity contribution in [1.82, 2.24) is 9.78 Å². The topological polar surface area (TPSA) is 44.1 Å². The lowest BCUT2D eigenvalue weighted by molar-refractivity contribution is -0.156. The van der Waals surface area contributed by atoms with Crippen LogP contribution in [0.3, 0.4) is 0 Å². The van der Waals surface area contributed by atoms with Gasteiger partial charge in [0, 0.05) is 13.3 Å². The molecule has 0 spiro atoms. The monoisotopic (exact) mass is 322 g/mol. The minimum atomic E-state index is -3.29. The van der Waals surface area contributed by atoms with E-state index in [1.54, 1.807) is 20.8 Å². The van der Waals surface area contributed by atoms with E-state index in [0.717, 1.165) is 10.7 Å². The van der Waals surface area contributed by atoms with Gasteiger partial charge in [-0.2, -0.15) is 13.9 Å². The lowest BCUT2D eigenvalue weighted by Crippen LogP contribution is -2.28. The maximum absolute atomic E-state index is 13.6. The van der Waals surface area contributed by atoms with Crippen LogP contribution in [0.4, 0.5) is 17.6 Å². The van der Waals surface area contributed by atoms with Crippen molar-refractivity contribution in [3.8, 4) is 0 Å². The number of esters is 1. The molecule has 1 heterocycles. The molecule has 1 aliphatic rings. The average Bonchev–Trinajstić information content (AvgIpc) is 2.71. The van der Waals surface area contributed by atoms with Crippen LogP contribution in [0.25, 0.3) is 0 Å². The highest BCUT2D eigenvalue weighted by Crippen LogP contribution is 2.55. The lowest BCUT2D eigenvalue weighted by atomic mass is 10.2. The highest BCUT2D eigenvalue weighted by atomic mass is 19.3. The van der Waals surface area contributed by atoms with E-state index >= 15 is 0 Å². The fourth-order valence-corrected chi connectivity index (χ4v) is 2.11. The Kier molecular flexibility index (Phi) is 3.78. The van der Waals surface area contributed by atoms with Crippen LogP contribution in [0.5, 0.6) is 0 Å². The van der Waals surface area contributed by atoms with Gasteiger partial charge in [-0.1, -0.05) is 0 Å². The predicted molar refractivity (Wildman–Crippen MR) is 69.9 cm³/mol. The van der Waals surface area contributed by atoms with Crippen molar-refractivity contribution >= 4 is 5.97 Å². The van der Waals surface area contributed by atoms with Crippen LogP contribution in [0.15, 0.2) is 6.07 Å². The molecule has 22 heavy (non-hydrogen) atoms. The van der Waals surface area contributed by atoms with Crippen LogP contribution in [-0.2, 0) is 22.0 Å². The van der Waals surface area contributed by atoms with E-state index in [4.69, 9.17) is 4.74 Å². The Balaban J connectivity index is 2.24. The summed E-state index contributed by atoms with van der Waals surface area (Å²) >= 11 is 0. The van der Waals surface area contributed by atoms with E-state index < -0.39 is 48.0 Å². The van der Waals surface area contributed by atoms with Crippen molar-refractivity contribution in [2.75, 3.05) is 0 Å². The number of hydrogen-bond acceptors (Lipinski definition) is 3. The highest BCUT2D eigenvalue weighted by molar-refractivity contribution is 5.69. The first-order valence-corrected chi connectivity index (χ1v) is 6.85. The van der Waals surface area contributed by atoms with Gasteiger partial charge in [0.1, 0.15) is 17.8 Å². The fourth-order valence-electron chi connectivity index (χ4n) is 2.11. The maximum atomic E-state index is 13.6. The summed E-state index contributed by atoms with van der Waals surface area (Å²) in [5, 5.41) is 3.76. The largest absolute Gasteiger partial charge is 0.459 e. The Labute approximate surface area is 125 Å². The molecule has 1 aromatic heterocycles. The number of ether oxygens (including phenoxy) is 1. The van der Waals surface area contributed by atoms with Crippen LogP contribution in [0.2, 0.25) is 0 Å². The number of halogens is 4. The molecule has 1 aliphatic carbocycles. The van der Waals surface area contributed by atoms with E-state index in [2.05, 4.69) is 5.10 Å². The van der Waals surface area contributed by atoms with Crippen LogP contribution >= 0.6 is 0 Å². The summed E-state index contributed by atoms with van der Waals surface area (Å²) in [6, 6.07) is 0.940. The third-order valence-corrected chi connectivity index (χ3v) is 3.13. The van der Waals surface area contributed by atoms with Gasteiger partial charge in [0.15, 0.2) is 0 Å². The lowest BCUT2D eigenvalue weighted by Gasteiger charge is -2.20. The van der Waals surface area contributed by atoms with Gasteiger partial charge >= 0.3 is 5.97 Å². The molecule has 0 N–H and O–H groups in total. The summed E-state index contributed by atoms with van der Waals surface area (Å²) in [7, 11) is 0. The predicted octanol–water partition coefficient (Wildman–Crippen LogP) is 3.46. The molecule has 1 fully saturated rings. The molecule has 1 atom stereocenters. The van der Waals surface area contributed by atoms with E-state index in [1.807, 2.05) is 0 Å². The van der Waals surface area contributed by atoms with Crippen molar-refractivity contribution in [1.29, 1.82) is 0 Å². The van der Waals surface area contributed by atoms with Gasteiger partial charge in [0.2, 0.25) is 0 Å². The van der Waals surface area contributed by atoms with Gasteiger partial charge in [-0.25, -0.2) is 8.78 Å². The van der Waals surface area contributed by atoms with Crippen molar-refractivity contribution < 1.29 is 27.1 Å². The van der Waals surface area contributed by atoms with Crippen molar-refractivity contribution in [2.45, 2.75) is 64.0 Å². The molecular formula is C14H18F4N2O2. The first kappa shape index (κ1) is 16.8. The van der Waals surface area contributed by atoms with Gasteiger partial charge in [0.05, 0.1) is 11.6 Å². The van der Waals surface area contributed by atoms with E-state index in [9.17, 15) is 22.4 Å². The summed E-state index contributed by atoms with van der Waals surface area (Å²) in [6.45, 7) is 5.00. The third-order valence-electron chi connectivity index (χ3n) is 3.13. The first-order chi connectivity index (χ1) is 9.79. The second-order valence-corrected chi connectivity index (χ2v) is 6.60. The zero-order valence-electron chi connectivity index (χ0n) is 12.8. The number of aromatic nitrogens is 2. The summed E-state index contributed by atoms with van der Waals surface area (Å²) in [6.07, 6.45) is -0.412. The standard InChI is InChI=1S/C14H18F4N2O2/c1-12(2,3)22-11(21)7-20-10(13(4,15)16)5-9(19-20)8-6-14(8,17)18/h5,8H,6-7H2,1-4H3. The average molecular weight is 322 g/mol. The molecule has 124 valence electrons. The van der Waals surface area contributed by atoms with Crippen molar-refractivity contribution in [3.05, 3.63) is 17.5 Å². The molecule has 1 saturated carbocycles. The zero-order valence-corrected chi connectivity index (χ0v) is 12.8. The van der Waals surface area contributed by atoms with Crippen LogP contribution in [-0.4, -0.2) is 27.3 Å². The summed E-state index contributed by atoms with van der Waals surface area (Å²) in [5.74, 6) is -8.12. The number of carbonyl (C=O) groups excluding carboxylic acids is 1. The minimum absolute atomic E-state index is 0.120. The van der Waals surface area contributed by atoms with Gasteiger partial charge in [-0.05, 0) is 26.8 Å². The van der Waals surface area contributed by atoms with Crippen LogP contribution in [0, 0.1) is 0 Å². The van der Waals surface area contributed by atoms with Gasteiger partial charge < -0.3 is 4.74 Å². The quantitative estimate of drug-likeness (QED) is 0.630. The van der Waals surface area contributed by atoms with E-state index in [0.29, 0.717) is 6.92 Å². The second-order valence-electron chi connectivity index (χ2n) is 6.60. The molecule has 1 aromatic rings. The van der Waals surface area contributed by atoms with E-state index in [1.165, 1.54) is 0 Å². The Morgan fingerprint density at radius 3 is 2.36 bits per heavy atom.